The van der Waals surface area contributed by atoms with Crippen LogP contribution in [0.2, 0.25) is 0 Å². The summed E-state index contributed by atoms with van der Waals surface area (Å²) in [7, 11) is 0. The molecule has 0 aliphatic rings. The highest BCUT2D eigenvalue weighted by molar-refractivity contribution is 5.19. The number of hydrogen-bond acceptors (Lipinski definition) is 1. The van der Waals surface area contributed by atoms with Gasteiger partial charge in [0.05, 0.1) is 0 Å². The summed E-state index contributed by atoms with van der Waals surface area (Å²) in [5.41, 5.74) is 1.46. The van der Waals surface area contributed by atoms with Gasteiger partial charge in [-0.05, 0) is 37.3 Å². The molecule has 0 aliphatic heterocycles. The second kappa shape index (κ2) is 9.16. The fourth-order valence-corrected chi connectivity index (χ4v) is 2.74. The molecule has 1 heteroatoms. The molecule has 1 N–H and O–H groups in total. The Morgan fingerprint density at radius 2 is 1.50 bits per heavy atom. The third-order valence-electron chi connectivity index (χ3n) is 3.56. The Morgan fingerprint density at radius 3 is 2.00 bits per heavy atom. The minimum absolute atomic E-state index is 0.533. The van der Waals surface area contributed by atoms with Crippen LogP contribution in [0.5, 0.6) is 0 Å². The number of nitrogens with one attached hydrogen (secondary N) is 1. The average molecular weight is 247 g/mol. The predicted molar refractivity (Wildman–Crippen MR) is 80.8 cm³/mol. The smallest absolute Gasteiger partial charge is 0.0348 e. The first-order valence-electron chi connectivity index (χ1n) is 7.61. The molecule has 102 valence electrons. The van der Waals surface area contributed by atoms with Gasteiger partial charge in [-0.25, -0.2) is 0 Å². The van der Waals surface area contributed by atoms with Crippen LogP contribution in [0.4, 0.5) is 0 Å². The lowest BCUT2D eigenvalue weighted by Gasteiger charge is -2.28. The van der Waals surface area contributed by atoms with Crippen LogP contribution < -0.4 is 5.32 Å². The van der Waals surface area contributed by atoms with E-state index in [2.05, 4.69) is 56.4 Å². The molecule has 1 aromatic rings. The fraction of sp³-hybridized carbons (Fsp3) is 0.647. The molecule has 0 bridgehead atoms. The quantitative estimate of drug-likeness (QED) is 0.651. The molecule has 0 amide bonds. The van der Waals surface area contributed by atoms with Crippen molar-refractivity contribution in [1.29, 1.82) is 0 Å². The van der Waals surface area contributed by atoms with Gasteiger partial charge in [0.15, 0.2) is 0 Å². The molecular weight excluding hydrogens is 218 g/mol. The second-order valence-corrected chi connectivity index (χ2v) is 5.18. The normalized spacial score (nSPS) is 12.9. The lowest BCUT2D eigenvalue weighted by atomic mass is 9.86. The van der Waals surface area contributed by atoms with Crippen molar-refractivity contribution in [1.82, 2.24) is 5.32 Å². The van der Waals surface area contributed by atoms with Crippen molar-refractivity contribution in [3.8, 4) is 0 Å². The Bertz CT molecular complexity index is 288. The van der Waals surface area contributed by atoms with Gasteiger partial charge >= 0.3 is 0 Å². The van der Waals surface area contributed by atoms with E-state index in [4.69, 9.17) is 0 Å². The molecule has 1 atom stereocenters. The molecule has 0 heterocycles. The van der Waals surface area contributed by atoms with Crippen LogP contribution in [0.25, 0.3) is 0 Å². The van der Waals surface area contributed by atoms with E-state index in [-0.39, 0.29) is 0 Å². The molecule has 0 aromatic heterocycles. The zero-order valence-corrected chi connectivity index (χ0v) is 12.3. The van der Waals surface area contributed by atoms with Gasteiger partial charge in [-0.1, -0.05) is 63.9 Å². The van der Waals surface area contributed by atoms with Gasteiger partial charge in [0.1, 0.15) is 0 Å². The van der Waals surface area contributed by atoms with Gasteiger partial charge in [-0.3, -0.25) is 0 Å². The molecular formula is C17H29N. The Hall–Kier alpha value is -0.820. The first-order valence-corrected chi connectivity index (χ1v) is 7.61. The molecule has 1 aromatic carbocycles. The van der Waals surface area contributed by atoms with E-state index in [0.717, 1.165) is 12.5 Å². The van der Waals surface area contributed by atoms with Gasteiger partial charge in [0.2, 0.25) is 0 Å². The Balaban J connectivity index is 2.80. The summed E-state index contributed by atoms with van der Waals surface area (Å²) < 4.78 is 0. The van der Waals surface area contributed by atoms with E-state index < -0.39 is 0 Å². The first-order chi connectivity index (χ1) is 8.83. The summed E-state index contributed by atoms with van der Waals surface area (Å²) in [6, 6.07) is 11.5. The Labute approximate surface area is 113 Å². The van der Waals surface area contributed by atoms with E-state index in [9.17, 15) is 0 Å². The van der Waals surface area contributed by atoms with Crippen molar-refractivity contribution in [2.75, 3.05) is 6.54 Å². The van der Waals surface area contributed by atoms with Crippen molar-refractivity contribution in [2.24, 2.45) is 5.92 Å². The molecule has 0 saturated carbocycles. The zero-order valence-electron chi connectivity index (χ0n) is 12.3. The highest BCUT2D eigenvalue weighted by Gasteiger charge is 2.20. The summed E-state index contributed by atoms with van der Waals surface area (Å²) in [6.07, 6.45) is 6.41. The summed E-state index contributed by atoms with van der Waals surface area (Å²) in [4.78, 5) is 0. The van der Waals surface area contributed by atoms with Crippen molar-refractivity contribution in [2.45, 2.75) is 58.9 Å². The molecule has 18 heavy (non-hydrogen) atoms. The molecule has 1 unspecified atom stereocenters. The maximum atomic E-state index is 3.76. The Kier molecular flexibility index (Phi) is 7.75. The van der Waals surface area contributed by atoms with E-state index in [1.54, 1.807) is 0 Å². The van der Waals surface area contributed by atoms with Crippen LogP contribution in [0.1, 0.15) is 64.5 Å². The van der Waals surface area contributed by atoms with Gasteiger partial charge < -0.3 is 5.32 Å². The van der Waals surface area contributed by atoms with Gasteiger partial charge in [0, 0.05) is 6.04 Å². The van der Waals surface area contributed by atoms with E-state index in [0.29, 0.717) is 6.04 Å². The van der Waals surface area contributed by atoms with Crippen LogP contribution >= 0.6 is 0 Å². The molecule has 1 nitrogen and oxygen atoms in total. The minimum atomic E-state index is 0.533. The van der Waals surface area contributed by atoms with Crippen LogP contribution in [-0.2, 0) is 0 Å². The highest BCUT2D eigenvalue weighted by atomic mass is 14.9. The molecule has 0 saturated heterocycles. The largest absolute Gasteiger partial charge is 0.310 e. The Morgan fingerprint density at radius 1 is 0.889 bits per heavy atom. The van der Waals surface area contributed by atoms with Crippen LogP contribution in [0.3, 0.4) is 0 Å². The predicted octanol–water partition coefficient (Wildman–Crippen LogP) is 4.94. The monoisotopic (exact) mass is 247 g/mol. The second-order valence-electron chi connectivity index (χ2n) is 5.18. The maximum absolute atomic E-state index is 3.76. The third-order valence-corrected chi connectivity index (χ3v) is 3.56. The van der Waals surface area contributed by atoms with Crippen molar-refractivity contribution in [3.63, 3.8) is 0 Å². The lowest BCUT2D eigenvalue weighted by Crippen LogP contribution is -2.29. The van der Waals surface area contributed by atoms with Gasteiger partial charge in [-0.2, -0.15) is 0 Å². The molecule has 0 radical (unpaired) electrons. The van der Waals surface area contributed by atoms with Crippen molar-refractivity contribution in [3.05, 3.63) is 35.9 Å². The third kappa shape index (κ3) is 4.81. The molecule has 1 rings (SSSR count). The van der Waals surface area contributed by atoms with E-state index in [1.807, 2.05) is 0 Å². The summed E-state index contributed by atoms with van der Waals surface area (Å²) in [6.45, 7) is 7.95. The van der Waals surface area contributed by atoms with E-state index in [1.165, 1.54) is 37.7 Å². The molecule has 0 fully saturated rings. The number of benzene rings is 1. The minimum Gasteiger partial charge on any atom is -0.310 e. The lowest BCUT2D eigenvalue weighted by molar-refractivity contribution is 0.316. The maximum Gasteiger partial charge on any atom is 0.0348 e. The van der Waals surface area contributed by atoms with Crippen LogP contribution in [0.15, 0.2) is 30.3 Å². The topological polar surface area (TPSA) is 12.0 Å². The average Bonchev–Trinajstić information content (AvgIpc) is 2.41. The number of rotatable bonds is 9. The summed E-state index contributed by atoms with van der Waals surface area (Å²) in [5, 5.41) is 3.76. The molecule has 0 aliphatic carbocycles. The summed E-state index contributed by atoms with van der Waals surface area (Å²) >= 11 is 0. The van der Waals surface area contributed by atoms with Crippen molar-refractivity contribution < 1.29 is 0 Å². The van der Waals surface area contributed by atoms with Gasteiger partial charge in [-0.15, -0.1) is 0 Å². The highest BCUT2D eigenvalue weighted by Crippen LogP contribution is 2.29. The first kappa shape index (κ1) is 15.2. The van der Waals surface area contributed by atoms with Crippen molar-refractivity contribution >= 4 is 0 Å². The van der Waals surface area contributed by atoms with Gasteiger partial charge in [0.25, 0.3) is 0 Å². The standard InChI is InChI=1S/C17H29N/c1-4-10-15(11-5-2)17(18-14-6-3)16-12-8-7-9-13-16/h7-9,12-13,15,17-18H,4-6,10-11,14H2,1-3H3. The molecule has 0 spiro atoms. The SMILES string of the molecule is CCCNC(c1ccccc1)C(CCC)CCC. The fourth-order valence-electron chi connectivity index (χ4n) is 2.74. The zero-order chi connectivity index (χ0) is 13.2. The van der Waals surface area contributed by atoms with Crippen LogP contribution in [0, 0.1) is 5.92 Å². The number of hydrogen-bond donors (Lipinski definition) is 1. The summed E-state index contributed by atoms with van der Waals surface area (Å²) in [5.74, 6) is 0.772. The van der Waals surface area contributed by atoms with Crippen LogP contribution in [-0.4, -0.2) is 6.54 Å². The van der Waals surface area contributed by atoms with E-state index >= 15 is 0 Å².